The van der Waals surface area contributed by atoms with Gasteiger partial charge < -0.3 is 0 Å². The van der Waals surface area contributed by atoms with Crippen molar-refractivity contribution in [3.05, 3.63) is 34.9 Å². The molecule has 4 radical (unpaired) electrons. The Labute approximate surface area is 106 Å². The van der Waals surface area contributed by atoms with Gasteiger partial charge >= 0.3 is 0 Å². The normalized spacial score (nSPS) is 11.4. The summed E-state index contributed by atoms with van der Waals surface area (Å²) in [7, 11) is 12.0. The zero-order valence-electron chi connectivity index (χ0n) is 10.9. The standard InChI is InChI=1S/C14H16B2O/c1-5-6-12(17)11-7-10(8(2)3)13(15)9(4)14(11)16/h5-8H,1-4H3/b6-5+. The fourth-order valence-electron chi connectivity index (χ4n) is 1.80. The van der Waals surface area contributed by atoms with Crippen molar-refractivity contribution in [2.75, 3.05) is 0 Å². The molecule has 1 aromatic carbocycles. The molecule has 1 nitrogen and oxygen atoms in total. The monoisotopic (exact) mass is 222 g/mol. The Hall–Kier alpha value is -1.24. The molecule has 0 atom stereocenters. The third-order valence-corrected chi connectivity index (χ3v) is 2.91. The lowest BCUT2D eigenvalue weighted by molar-refractivity contribution is 0.104. The molecule has 1 rings (SSSR count). The SMILES string of the molecule is [B]c1c(C(=O)/C=C/C)cc(C(C)C)c([B])c1C. The smallest absolute Gasteiger partial charge is 0.184 e. The van der Waals surface area contributed by atoms with Gasteiger partial charge in [0.15, 0.2) is 5.78 Å². The second-order valence-corrected chi connectivity index (χ2v) is 4.48. The summed E-state index contributed by atoms with van der Waals surface area (Å²) in [6.45, 7) is 7.75. The fraction of sp³-hybridized carbons (Fsp3) is 0.357. The zero-order valence-corrected chi connectivity index (χ0v) is 10.9. The Morgan fingerprint density at radius 1 is 1.29 bits per heavy atom. The molecule has 0 heterocycles. The van der Waals surface area contributed by atoms with Crippen LogP contribution in [0.1, 0.15) is 48.2 Å². The lowest BCUT2D eigenvalue weighted by Gasteiger charge is -2.18. The summed E-state index contributed by atoms with van der Waals surface area (Å²) < 4.78 is 0. The Kier molecular flexibility index (Phi) is 4.39. The molecule has 0 aliphatic rings. The summed E-state index contributed by atoms with van der Waals surface area (Å²) in [5.74, 6) is 0.196. The Morgan fingerprint density at radius 3 is 2.35 bits per heavy atom. The number of rotatable bonds is 3. The molecular formula is C14H16B2O. The van der Waals surface area contributed by atoms with Crippen LogP contribution in [0.4, 0.5) is 0 Å². The van der Waals surface area contributed by atoms with Crippen LogP contribution in [0.2, 0.25) is 0 Å². The van der Waals surface area contributed by atoms with Crippen LogP contribution in [0.15, 0.2) is 18.2 Å². The largest absolute Gasteiger partial charge is 0.289 e. The average Bonchev–Trinajstić information content (AvgIpc) is 2.26. The van der Waals surface area contributed by atoms with E-state index in [9.17, 15) is 4.79 Å². The van der Waals surface area contributed by atoms with Gasteiger partial charge in [0.25, 0.3) is 0 Å². The molecule has 17 heavy (non-hydrogen) atoms. The number of hydrogen-bond acceptors (Lipinski definition) is 1. The first kappa shape index (κ1) is 13.8. The maximum Gasteiger partial charge on any atom is 0.184 e. The van der Waals surface area contributed by atoms with Crippen molar-refractivity contribution in [1.29, 1.82) is 0 Å². The van der Waals surface area contributed by atoms with Gasteiger partial charge in [-0.2, -0.15) is 0 Å². The molecule has 0 spiro atoms. The number of ketones is 1. The Bertz CT molecular complexity index is 474. The van der Waals surface area contributed by atoms with Crippen LogP contribution in [-0.4, -0.2) is 21.5 Å². The Balaban J connectivity index is 3.47. The molecule has 0 saturated carbocycles. The van der Waals surface area contributed by atoms with E-state index in [2.05, 4.69) is 0 Å². The molecule has 0 saturated heterocycles. The molecule has 0 N–H and O–H groups in total. The molecule has 0 aromatic heterocycles. The highest BCUT2D eigenvalue weighted by atomic mass is 16.1. The van der Waals surface area contributed by atoms with Crippen molar-refractivity contribution in [2.24, 2.45) is 0 Å². The predicted octanol–water partition coefficient (Wildman–Crippen LogP) is 1.46. The minimum absolute atomic E-state index is 0.0741. The number of allylic oxidation sites excluding steroid dienone is 2. The van der Waals surface area contributed by atoms with E-state index < -0.39 is 0 Å². The van der Waals surface area contributed by atoms with Gasteiger partial charge in [-0.3, -0.25) is 4.79 Å². The van der Waals surface area contributed by atoms with E-state index in [4.69, 9.17) is 15.7 Å². The Morgan fingerprint density at radius 2 is 1.88 bits per heavy atom. The maximum atomic E-state index is 11.9. The van der Waals surface area contributed by atoms with Crippen LogP contribution in [0.5, 0.6) is 0 Å². The lowest BCUT2D eigenvalue weighted by Crippen LogP contribution is -2.29. The van der Waals surface area contributed by atoms with Crippen molar-refractivity contribution in [3.8, 4) is 0 Å². The van der Waals surface area contributed by atoms with Gasteiger partial charge in [0, 0.05) is 5.56 Å². The molecule has 0 aliphatic carbocycles. The van der Waals surface area contributed by atoms with Gasteiger partial charge in [-0.05, 0) is 31.9 Å². The van der Waals surface area contributed by atoms with Crippen molar-refractivity contribution >= 4 is 32.4 Å². The molecule has 0 bridgehead atoms. The topological polar surface area (TPSA) is 17.1 Å². The first-order chi connectivity index (χ1) is 7.90. The summed E-state index contributed by atoms with van der Waals surface area (Å²) in [5, 5.41) is 0. The highest BCUT2D eigenvalue weighted by Crippen LogP contribution is 2.14. The van der Waals surface area contributed by atoms with E-state index in [1.807, 2.05) is 33.8 Å². The average molecular weight is 222 g/mol. The number of carbonyl (C=O) groups is 1. The van der Waals surface area contributed by atoms with E-state index in [1.165, 1.54) is 6.08 Å². The number of hydrogen-bond donors (Lipinski definition) is 0. The summed E-state index contributed by atoms with van der Waals surface area (Å²) >= 11 is 0. The fourth-order valence-corrected chi connectivity index (χ4v) is 1.80. The second kappa shape index (κ2) is 5.39. The first-order valence-corrected chi connectivity index (χ1v) is 5.75. The van der Waals surface area contributed by atoms with E-state index in [1.54, 1.807) is 6.08 Å². The van der Waals surface area contributed by atoms with Crippen molar-refractivity contribution in [3.63, 3.8) is 0 Å². The van der Waals surface area contributed by atoms with Crippen LogP contribution in [0, 0.1) is 6.92 Å². The van der Waals surface area contributed by atoms with Gasteiger partial charge in [-0.1, -0.05) is 42.0 Å². The minimum atomic E-state index is -0.0741. The van der Waals surface area contributed by atoms with Gasteiger partial charge in [0.2, 0.25) is 0 Å². The van der Waals surface area contributed by atoms with Crippen LogP contribution in [0.25, 0.3) is 0 Å². The van der Waals surface area contributed by atoms with E-state index in [0.717, 1.165) is 11.1 Å². The predicted molar refractivity (Wildman–Crippen MR) is 75.2 cm³/mol. The zero-order chi connectivity index (χ0) is 13.2. The summed E-state index contributed by atoms with van der Waals surface area (Å²) in [6.07, 6.45) is 3.23. The molecule has 3 heteroatoms. The van der Waals surface area contributed by atoms with Crippen LogP contribution >= 0.6 is 0 Å². The lowest BCUT2D eigenvalue weighted by atomic mass is 9.73. The van der Waals surface area contributed by atoms with Crippen molar-refractivity contribution < 1.29 is 4.79 Å². The van der Waals surface area contributed by atoms with Crippen LogP contribution in [-0.2, 0) is 0 Å². The van der Waals surface area contributed by atoms with Crippen LogP contribution in [0.3, 0.4) is 0 Å². The highest BCUT2D eigenvalue weighted by molar-refractivity contribution is 6.43. The molecule has 0 aliphatic heterocycles. The van der Waals surface area contributed by atoms with Crippen molar-refractivity contribution in [2.45, 2.75) is 33.6 Å². The summed E-state index contributed by atoms with van der Waals surface area (Å²) in [6, 6.07) is 1.81. The minimum Gasteiger partial charge on any atom is -0.289 e. The van der Waals surface area contributed by atoms with E-state index in [-0.39, 0.29) is 11.7 Å². The second-order valence-electron chi connectivity index (χ2n) is 4.48. The van der Waals surface area contributed by atoms with E-state index in [0.29, 0.717) is 16.5 Å². The van der Waals surface area contributed by atoms with Crippen molar-refractivity contribution in [1.82, 2.24) is 0 Å². The van der Waals surface area contributed by atoms with Gasteiger partial charge in [0.05, 0.1) is 0 Å². The van der Waals surface area contributed by atoms with Crippen LogP contribution < -0.4 is 10.9 Å². The highest BCUT2D eigenvalue weighted by Gasteiger charge is 2.14. The van der Waals surface area contributed by atoms with E-state index >= 15 is 0 Å². The molecule has 1 aromatic rings. The van der Waals surface area contributed by atoms with Gasteiger partial charge in [-0.25, -0.2) is 0 Å². The third-order valence-electron chi connectivity index (χ3n) is 2.91. The molecule has 0 unspecified atom stereocenters. The molecule has 84 valence electrons. The van der Waals surface area contributed by atoms with Gasteiger partial charge in [0.1, 0.15) is 15.7 Å². The number of benzene rings is 1. The quantitative estimate of drug-likeness (QED) is 0.429. The molecule has 0 fully saturated rings. The summed E-state index contributed by atoms with van der Waals surface area (Å²) in [5.41, 5.74) is 3.48. The first-order valence-electron chi connectivity index (χ1n) is 5.75. The number of carbonyl (C=O) groups excluding carboxylic acids is 1. The summed E-state index contributed by atoms with van der Waals surface area (Å²) in [4.78, 5) is 11.9. The third kappa shape index (κ3) is 2.71. The molecular weight excluding hydrogens is 206 g/mol. The molecule has 0 amide bonds. The maximum absolute atomic E-state index is 11.9. The van der Waals surface area contributed by atoms with Gasteiger partial charge in [-0.15, -0.1) is 0 Å².